The quantitative estimate of drug-likeness (QED) is 0.128. The Balaban J connectivity index is 1.24. The highest BCUT2D eigenvalue weighted by Gasteiger charge is 2.55. The molecule has 1 N–H and O–H groups in total. The van der Waals surface area contributed by atoms with Crippen molar-refractivity contribution in [1.82, 2.24) is 10.2 Å². The van der Waals surface area contributed by atoms with Crippen LogP contribution in [0.15, 0.2) is 126 Å². The fraction of sp³-hybridized carbons (Fsp3) is 0.250. The van der Waals surface area contributed by atoms with Crippen molar-refractivity contribution in [2.24, 2.45) is 0 Å². The summed E-state index contributed by atoms with van der Waals surface area (Å²) in [6, 6.07) is 31.8. The number of nitrogens with one attached hydrogen (secondary N) is 1. The van der Waals surface area contributed by atoms with Crippen molar-refractivity contribution in [2.45, 2.75) is 50.3 Å². The first-order valence-corrected chi connectivity index (χ1v) is 17.6. The third kappa shape index (κ3) is 6.50. The Hall–Kier alpha value is -5.35. The molecule has 0 aliphatic carbocycles. The van der Waals surface area contributed by atoms with Gasteiger partial charge in [-0.15, -0.1) is 11.8 Å². The lowest BCUT2D eigenvalue weighted by atomic mass is 10.00. The Morgan fingerprint density at radius 1 is 0.880 bits per heavy atom. The molecule has 0 saturated carbocycles. The number of carbonyl (C=O) groups is 4. The molecule has 3 heterocycles. The van der Waals surface area contributed by atoms with Crippen LogP contribution in [0, 0.1) is 0 Å². The van der Waals surface area contributed by atoms with Crippen LogP contribution in [0.25, 0.3) is 10.8 Å². The number of hydrogen-bond acceptors (Lipinski definition) is 7. The highest BCUT2D eigenvalue weighted by Crippen LogP contribution is 2.43. The molecule has 3 aliphatic rings. The number of nitrogens with zero attached hydrogens (tertiary/aromatic N) is 2. The van der Waals surface area contributed by atoms with E-state index in [0.717, 1.165) is 27.6 Å². The largest absolute Gasteiger partial charge is 0.448 e. The first kappa shape index (κ1) is 33.2. The number of anilines is 1. The SMILES string of the molecule is CC(C)(C)OC(=O)N[C@@H]1C(=O)N2C(C(=O)OC(c3ccccc3)c3ccccc3)=C(C=C3CCN(c4cccc5ccccc45)C3=O)CS[C@H]12. The van der Waals surface area contributed by atoms with Gasteiger partial charge in [-0.3, -0.25) is 14.5 Å². The van der Waals surface area contributed by atoms with E-state index >= 15 is 0 Å². The predicted octanol–water partition coefficient (Wildman–Crippen LogP) is 6.90. The summed E-state index contributed by atoms with van der Waals surface area (Å²) < 4.78 is 11.7. The Labute approximate surface area is 294 Å². The average Bonchev–Trinajstić information content (AvgIpc) is 3.47. The molecule has 2 atom stereocenters. The average molecular weight is 688 g/mol. The van der Waals surface area contributed by atoms with Gasteiger partial charge >= 0.3 is 12.1 Å². The number of benzene rings is 4. The molecule has 10 heteroatoms. The van der Waals surface area contributed by atoms with Crippen molar-refractivity contribution in [3.63, 3.8) is 0 Å². The molecule has 7 rings (SSSR count). The Bertz CT molecular complexity index is 1990. The van der Waals surface area contributed by atoms with Gasteiger partial charge in [-0.05, 0) is 61.4 Å². The second-order valence-corrected chi connectivity index (χ2v) is 14.5. The second-order valence-electron chi connectivity index (χ2n) is 13.4. The predicted molar refractivity (Wildman–Crippen MR) is 193 cm³/mol. The molecule has 9 nitrogen and oxygen atoms in total. The van der Waals surface area contributed by atoms with E-state index in [1.54, 1.807) is 31.7 Å². The smallest absolute Gasteiger partial charge is 0.408 e. The number of fused-ring (bicyclic) bond motifs is 2. The van der Waals surface area contributed by atoms with Crippen LogP contribution < -0.4 is 10.2 Å². The summed E-state index contributed by atoms with van der Waals surface area (Å²) in [5.41, 5.74) is 2.74. The van der Waals surface area contributed by atoms with Crippen LogP contribution in [0.5, 0.6) is 0 Å². The van der Waals surface area contributed by atoms with Gasteiger partial charge in [0.1, 0.15) is 22.7 Å². The zero-order valence-electron chi connectivity index (χ0n) is 28.0. The molecule has 4 aromatic carbocycles. The highest BCUT2D eigenvalue weighted by molar-refractivity contribution is 8.00. The van der Waals surface area contributed by atoms with E-state index < -0.39 is 41.1 Å². The lowest BCUT2D eigenvalue weighted by molar-refractivity contribution is -0.153. The molecule has 2 fully saturated rings. The lowest BCUT2D eigenvalue weighted by Gasteiger charge is -2.49. The van der Waals surface area contributed by atoms with Crippen molar-refractivity contribution >= 4 is 52.1 Å². The van der Waals surface area contributed by atoms with Crippen molar-refractivity contribution in [3.8, 4) is 0 Å². The van der Waals surface area contributed by atoms with Crippen molar-refractivity contribution in [1.29, 1.82) is 0 Å². The number of carbonyl (C=O) groups excluding carboxylic acids is 4. The molecule has 254 valence electrons. The third-order valence-corrected chi connectivity index (χ3v) is 10.1. The maximum Gasteiger partial charge on any atom is 0.408 e. The monoisotopic (exact) mass is 687 g/mol. The number of β-lactam (4-membered cyclic amide) rings is 1. The molecule has 50 heavy (non-hydrogen) atoms. The van der Waals surface area contributed by atoms with E-state index in [1.165, 1.54) is 16.7 Å². The molecule has 0 unspecified atom stereocenters. The first-order valence-electron chi connectivity index (χ1n) is 16.6. The van der Waals surface area contributed by atoms with E-state index in [0.29, 0.717) is 29.9 Å². The maximum absolute atomic E-state index is 14.4. The van der Waals surface area contributed by atoms with Crippen LogP contribution in [-0.2, 0) is 23.9 Å². The van der Waals surface area contributed by atoms with E-state index in [2.05, 4.69) is 5.32 Å². The van der Waals surface area contributed by atoms with Gasteiger partial charge in [0, 0.05) is 23.3 Å². The maximum atomic E-state index is 14.4. The number of thioether (sulfide) groups is 1. The van der Waals surface area contributed by atoms with Crippen molar-refractivity contribution < 1.29 is 28.7 Å². The molecule has 0 aromatic heterocycles. The molecule has 2 saturated heterocycles. The van der Waals surface area contributed by atoms with Gasteiger partial charge in [-0.25, -0.2) is 9.59 Å². The van der Waals surface area contributed by atoms with E-state index in [-0.39, 0.29) is 11.6 Å². The molecule has 0 spiro atoms. The van der Waals surface area contributed by atoms with Gasteiger partial charge in [0.05, 0.1) is 5.69 Å². The van der Waals surface area contributed by atoms with Crippen LogP contribution in [-0.4, -0.2) is 58.1 Å². The van der Waals surface area contributed by atoms with Crippen LogP contribution in [0.1, 0.15) is 44.4 Å². The summed E-state index contributed by atoms with van der Waals surface area (Å²) in [6.45, 7) is 5.72. The zero-order valence-corrected chi connectivity index (χ0v) is 28.8. The van der Waals surface area contributed by atoms with E-state index in [9.17, 15) is 19.2 Å². The zero-order chi connectivity index (χ0) is 35.0. The number of ether oxygens (including phenoxy) is 2. The first-order chi connectivity index (χ1) is 24.1. The third-order valence-electron chi connectivity index (χ3n) is 8.82. The summed E-state index contributed by atoms with van der Waals surface area (Å²) in [7, 11) is 0. The second kappa shape index (κ2) is 13.5. The van der Waals surface area contributed by atoms with Crippen molar-refractivity contribution in [2.75, 3.05) is 17.2 Å². The molecule has 3 aliphatic heterocycles. The minimum absolute atomic E-state index is 0.0711. The van der Waals surface area contributed by atoms with Crippen molar-refractivity contribution in [3.05, 3.63) is 137 Å². The fourth-order valence-electron chi connectivity index (χ4n) is 6.56. The molecule has 0 bridgehead atoms. The number of rotatable bonds is 7. The fourth-order valence-corrected chi connectivity index (χ4v) is 7.86. The van der Waals surface area contributed by atoms with Gasteiger partial charge in [0.2, 0.25) is 0 Å². The number of alkyl carbamates (subject to hydrolysis) is 1. The van der Waals surface area contributed by atoms with Crippen LogP contribution in [0.2, 0.25) is 0 Å². The van der Waals surface area contributed by atoms with Gasteiger partial charge in [0.15, 0.2) is 6.10 Å². The normalized spacial score (nSPS) is 19.9. The van der Waals surface area contributed by atoms with Gasteiger partial charge < -0.3 is 19.7 Å². The molecule has 4 aromatic rings. The molecular weight excluding hydrogens is 651 g/mol. The lowest BCUT2D eigenvalue weighted by Crippen LogP contribution is -2.70. The molecule has 3 amide bonds. The Morgan fingerprint density at radius 2 is 1.52 bits per heavy atom. The summed E-state index contributed by atoms with van der Waals surface area (Å²) >= 11 is 1.41. The van der Waals surface area contributed by atoms with Gasteiger partial charge in [-0.1, -0.05) is 97.1 Å². The van der Waals surface area contributed by atoms with Crippen LogP contribution >= 0.6 is 11.8 Å². The van der Waals surface area contributed by atoms with E-state index in [4.69, 9.17) is 9.47 Å². The Kier molecular flexibility index (Phi) is 8.96. The minimum Gasteiger partial charge on any atom is -0.448 e. The summed E-state index contributed by atoms with van der Waals surface area (Å²) in [5, 5.41) is 4.14. The van der Waals surface area contributed by atoms with Crippen LogP contribution in [0.3, 0.4) is 0 Å². The van der Waals surface area contributed by atoms with Gasteiger partial charge in [-0.2, -0.15) is 0 Å². The Morgan fingerprint density at radius 3 is 2.20 bits per heavy atom. The number of esters is 1. The van der Waals surface area contributed by atoms with Gasteiger partial charge in [0.25, 0.3) is 11.8 Å². The summed E-state index contributed by atoms with van der Waals surface area (Å²) in [5.74, 6) is -0.987. The highest BCUT2D eigenvalue weighted by atomic mass is 32.2. The molecular formula is C40H37N3O6S. The molecule has 0 radical (unpaired) electrons. The number of allylic oxidation sites excluding steroid dienone is 1. The number of amides is 3. The summed E-state index contributed by atoms with van der Waals surface area (Å²) in [6.07, 6.45) is 0.752. The number of hydrogen-bond donors (Lipinski definition) is 1. The standard InChI is InChI=1S/C40H37N3O6S/c1-40(2,3)49-39(47)41-32-36(45)43-33(38(46)48-34(26-14-6-4-7-15-26)27-16-8-5-9-17-27)29(24-50-37(32)43)23-28-21-22-42(35(28)44)31-20-12-18-25-13-10-11-19-30(25)31/h4-20,23,32,34,37H,21-22,24H2,1-3H3,(H,41,47)/t32-,37-/m1/s1. The summed E-state index contributed by atoms with van der Waals surface area (Å²) in [4.78, 5) is 57.9. The minimum atomic E-state index is -0.888. The topological polar surface area (TPSA) is 105 Å². The van der Waals surface area contributed by atoms with E-state index in [1.807, 2.05) is 103 Å². The van der Waals surface area contributed by atoms with Crippen LogP contribution in [0.4, 0.5) is 10.5 Å².